The maximum absolute atomic E-state index is 11.9. The van der Waals surface area contributed by atoms with Gasteiger partial charge in [-0.3, -0.25) is 14.5 Å². The molecule has 2 amide bonds. The first-order valence-corrected chi connectivity index (χ1v) is 7.29. The highest BCUT2D eigenvalue weighted by atomic mass is 32.2. The Labute approximate surface area is 99.3 Å². The zero-order valence-corrected chi connectivity index (χ0v) is 11.2. The van der Waals surface area contributed by atoms with E-state index < -0.39 is 0 Å². The quantitative estimate of drug-likeness (QED) is 0.564. The molecular formula is C10H17NO2S2. The lowest BCUT2D eigenvalue weighted by Gasteiger charge is -2.30. The van der Waals surface area contributed by atoms with Crippen LogP contribution in [0.5, 0.6) is 0 Å². The SMILES string of the molecule is CSCSC1CC(=O)N(C(C)(C)C)C1=O. The van der Waals surface area contributed by atoms with Crippen molar-refractivity contribution in [1.82, 2.24) is 4.90 Å². The maximum Gasteiger partial charge on any atom is 0.243 e. The van der Waals surface area contributed by atoms with E-state index in [0.717, 1.165) is 5.08 Å². The van der Waals surface area contributed by atoms with E-state index in [2.05, 4.69) is 0 Å². The Kier molecular flexibility index (Phi) is 4.12. The Hall–Kier alpha value is -0.160. The summed E-state index contributed by atoms with van der Waals surface area (Å²) in [5.74, 6) is -0.0577. The standard InChI is InChI=1S/C10H17NO2S2/c1-10(2,3)11-8(12)5-7(9(11)13)15-6-14-4/h7H,5-6H2,1-4H3. The fourth-order valence-electron chi connectivity index (χ4n) is 1.59. The van der Waals surface area contributed by atoms with Crippen molar-refractivity contribution in [3.05, 3.63) is 0 Å². The Morgan fingerprint density at radius 3 is 2.40 bits per heavy atom. The lowest BCUT2D eigenvalue weighted by molar-refractivity contribution is -0.143. The summed E-state index contributed by atoms with van der Waals surface area (Å²) >= 11 is 3.25. The van der Waals surface area contributed by atoms with Crippen molar-refractivity contribution >= 4 is 35.3 Å². The van der Waals surface area contributed by atoms with Crippen molar-refractivity contribution in [2.75, 3.05) is 11.3 Å². The molecular weight excluding hydrogens is 230 g/mol. The van der Waals surface area contributed by atoms with Gasteiger partial charge in [-0.1, -0.05) is 0 Å². The number of nitrogens with zero attached hydrogens (tertiary/aromatic N) is 1. The van der Waals surface area contributed by atoms with Crippen molar-refractivity contribution in [3.8, 4) is 0 Å². The monoisotopic (exact) mass is 247 g/mol. The molecule has 0 aromatic heterocycles. The number of hydrogen-bond acceptors (Lipinski definition) is 4. The molecule has 1 rings (SSSR count). The molecule has 1 fully saturated rings. The molecule has 1 heterocycles. The largest absolute Gasteiger partial charge is 0.276 e. The highest BCUT2D eigenvalue weighted by molar-refractivity contribution is 8.16. The Bertz CT molecular complexity index is 273. The van der Waals surface area contributed by atoms with Crippen LogP contribution in [0, 0.1) is 0 Å². The minimum absolute atomic E-state index is 0.0217. The number of hydrogen-bond donors (Lipinski definition) is 0. The average Bonchev–Trinajstić information content (AvgIpc) is 2.36. The number of rotatable bonds is 3. The van der Waals surface area contributed by atoms with Gasteiger partial charge in [0.25, 0.3) is 0 Å². The van der Waals surface area contributed by atoms with E-state index in [9.17, 15) is 9.59 Å². The molecule has 0 aromatic rings. The number of likely N-dealkylation sites (tertiary alicyclic amines) is 1. The fourth-order valence-corrected chi connectivity index (χ4v) is 3.30. The second-order valence-electron chi connectivity index (χ2n) is 4.50. The minimum Gasteiger partial charge on any atom is -0.276 e. The second kappa shape index (κ2) is 4.78. The number of amides is 2. The second-order valence-corrected chi connectivity index (χ2v) is 6.93. The molecule has 1 aliphatic rings. The highest BCUT2D eigenvalue weighted by Gasteiger charge is 2.43. The molecule has 0 aliphatic carbocycles. The van der Waals surface area contributed by atoms with Gasteiger partial charge < -0.3 is 0 Å². The first kappa shape index (κ1) is 12.9. The zero-order chi connectivity index (χ0) is 11.6. The molecule has 1 unspecified atom stereocenters. The molecule has 0 saturated carbocycles. The Morgan fingerprint density at radius 2 is 2.00 bits per heavy atom. The maximum atomic E-state index is 11.9. The first-order chi connectivity index (χ1) is 6.88. The summed E-state index contributed by atoms with van der Waals surface area (Å²) in [4.78, 5) is 25.0. The summed E-state index contributed by atoms with van der Waals surface area (Å²) < 4.78 is 0. The molecule has 3 nitrogen and oxygen atoms in total. The number of imide groups is 1. The summed E-state index contributed by atoms with van der Waals surface area (Å²) in [6, 6.07) is 0. The topological polar surface area (TPSA) is 37.4 Å². The van der Waals surface area contributed by atoms with Gasteiger partial charge in [-0.15, -0.1) is 11.8 Å². The van der Waals surface area contributed by atoms with E-state index in [4.69, 9.17) is 0 Å². The lowest BCUT2D eigenvalue weighted by atomic mass is 10.1. The predicted octanol–water partition coefficient (Wildman–Crippen LogP) is 1.97. The molecule has 0 radical (unpaired) electrons. The summed E-state index contributed by atoms with van der Waals surface area (Å²) in [5.41, 5.74) is -0.386. The smallest absolute Gasteiger partial charge is 0.243 e. The molecule has 15 heavy (non-hydrogen) atoms. The van der Waals surface area contributed by atoms with Gasteiger partial charge in [0.1, 0.15) is 0 Å². The van der Waals surface area contributed by atoms with Crippen molar-refractivity contribution in [2.45, 2.75) is 38.0 Å². The van der Waals surface area contributed by atoms with Crippen molar-refractivity contribution in [3.63, 3.8) is 0 Å². The molecule has 1 saturated heterocycles. The van der Waals surface area contributed by atoms with Gasteiger partial charge in [0.2, 0.25) is 11.8 Å². The number of carbonyl (C=O) groups is 2. The summed E-state index contributed by atoms with van der Waals surface area (Å²) in [5, 5.41) is 0.700. The van der Waals surface area contributed by atoms with Crippen LogP contribution >= 0.6 is 23.5 Å². The van der Waals surface area contributed by atoms with Gasteiger partial charge in [-0.05, 0) is 27.0 Å². The molecule has 0 N–H and O–H groups in total. The van der Waals surface area contributed by atoms with Gasteiger partial charge in [-0.2, -0.15) is 11.8 Å². The lowest BCUT2D eigenvalue weighted by Crippen LogP contribution is -2.45. The van der Waals surface area contributed by atoms with E-state index in [1.807, 2.05) is 27.0 Å². The van der Waals surface area contributed by atoms with Gasteiger partial charge in [0.05, 0.1) is 5.25 Å². The first-order valence-electron chi connectivity index (χ1n) is 4.85. The van der Waals surface area contributed by atoms with Crippen molar-refractivity contribution in [1.29, 1.82) is 0 Å². The van der Waals surface area contributed by atoms with E-state index >= 15 is 0 Å². The van der Waals surface area contributed by atoms with Crippen LogP contribution in [0.15, 0.2) is 0 Å². The van der Waals surface area contributed by atoms with Crippen LogP contribution in [-0.4, -0.2) is 38.8 Å². The van der Waals surface area contributed by atoms with Crippen LogP contribution in [-0.2, 0) is 9.59 Å². The van der Waals surface area contributed by atoms with Crippen LogP contribution in [0.4, 0.5) is 0 Å². The molecule has 0 bridgehead atoms. The van der Waals surface area contributed by atoms with Crippen LogP contribution in [0.1, 0.15) is 27.2 Å². The van der Waals surface area contributed by atoms with Crippen LogP contribution in [0.25, 0.3) is 0 Å². The molecule has 5 heteroatoms. The molecule has 1 atom stereocenters. The minimum atomic E-state index is -0.386. The predicted molar refractivity (Wildman–Crippen MR) is 66.0 cm³/mol. The Balaban J connectivity index is 2.71. The third kappa shape index (κ3) is 2.91. The van der Waals surface area contributed by atoms with E-state index in [1.165, 1.54) is 4.90 Å². The van der Waals surface area contributed by atoms with Crippen molar-refractivity contribution in [2.24, 2.45) is 0 Å². The number of carbonyl (C=O) groups excluding carboxylic acids is 2. The van der Waals surface area contributed by atoms with E-state index in [0.29, 0.717) is 6.42 Å². The van der Waals surface area contributed by atoms with Crippen LogP contribution in [0.3, 0.4) is 0 Å². The highest BCUT2D eigenvalue weighted by Crippen LogP contribution is 2.31. The van der Waals surface area contributed by atoms with Gasteiger partial charge in [0.15, 0.2) is 0 Å². The van der Waals surface area contributed by atoms with Gasteiger partial charge >= 0.3 is 0 Å². The van der Waals surface area contributed by atoms with Crippen LogP contribution in [0.2, 0.25) is 0 Å². The van der Waals surface area contributed by atoms with Gasteiger partial charge in [0, 0.05) is 17.0 Å². The third-order valence-corrected chi connectivity index (χ3v) is 4.42. The molecule has 1 aliphatic heterocycles. The summed E-state index contributed by atoms with van der Waals surface area (Å²) in [7, 11) is 0. The molecule has 86 valence electrons. The third-order valence-electron chi connectivity index (χ3n) is 2.16. The zero-order valence-electron chi connectivity index (χ0n) is 9.57. The van der Waals surface area contributed by atoms with Crippen molar-refractivity contribution < 1.29 is 9.59 Å². The van der Waals surface area contributed by atoms with Crippen LogP contribution < -0.4 is 0 Å². The molecule has 0 spiro atoms. The summed E-state index contributed by atoms with van der Waals surface area (Å²) in [6.45, 7) is 5.68. The average molecular weight is 247 g/mol. The summed E-state index contributed by atoms with van der Waals surface area (Å²) in [6.07, 6.45) is 2.36. The number of thioether (sulfide) groups is 2. The van der Waals surface area contributed by atoms with E-state index in [-0.39, 0.29) is 22.6 Å². The van der Waals surface area contributed by atoms with E-state index in [1.54, 1.807) is 23.5 Å². The molecule has 0 aromatic carbocycles. The normalized spacial score (nSPS) is 22.7. The van der Waals surface area contributed by atoms with Gasteiger partial charge in [-0.25, -0.2) is 0 Å². The Morgan fingerprint density at radius 1 is 1.40 bits per heavy atom. The fraction of sp³-hybridized carbons (Fsp3) is 0.800.